The standard InChI is InChI=1S/C17H16BrN3O3S/c1-10-3-4-13(11(18)7-10)24-9-15(22)21(2)8-14-19-12-5-6-25-16(12)17(23)20-14/h3-7H,8-9H2,1-2H3,(H,19,20,23). The number of thiophene rings is 1. The molecule has 0 unspecified atom stereocenters. The first-order valence-electron chi connectivity index (χ1n) is 7.53. The van der Waals surface area contributed by atoms with E-state index < -0.39 is 0 Å². The number of halogens is 1. The summed E-state index contributed by atoms with van der Waals surface area (Å²) in [7, 11) is 1.65. The number of aromatic nitrogens is 2. The van der Waals surface area contributed by atoms with Crippen molar-refractivity contribution in [3.8, 4) is 5.75 Å². The minimum Gasteiger partial charge on any atom is -0.483 e. The number of aryl methyl sites for hydroxylation is 1. The number of likely N-dealkylation sites (N-methyl/N-ethyl adjacent to an activating group) is 1. The molecule has 8 heteroatoms. The van der Waals surface area contributed by atoms with Crippen molar-refractivity contribution in [1.82, 2.24) is 14.9 Å². The van der Waals surface area contributed by atoms with Crippen molar-refractivity contribution in [1.29, 1.82) is 0 Å². The van der Waals surface area contributed by atoms with Crippen LogP contribution < -0.4 is 10.3 Å². The smallest absolute Gasteiger partial charge is 0.268 e. The van der Waals surface area contributed by atoms with Gasteiger partial charge in [-0.25, -0.2) is 4.98 Å². The summed E-state index contributed by atoms with van der Waals surface area (Å²) in [6, 6.07) is 7.45. The number of rotatable bonds is 5. The molecule has 130 valence electrons. The van der Waals surface area contributed by atoms with Gasteiger partial charge < -0.3 is 14.6 Å². The second-order valence-corrected chi connectivity index (χ2v) is 7.39. The van der Waals surface area contributed by atoms with Gasteiger partial charge in [0, 0.05) is 7.05 Å². The summed E-state index contributed by atoms with van der Waals surface area (Å²) < 4.78 is 6.96. The van der Waals surface area contributed by atoms with Crippen molar-refractivity contribution in [2.75, 3.05) is 13.7 Å². The van der Waals surface area contributed by atoms with Crippen LogP contribution in [0, 0.1) is 6.92 Å². The fourth-order valence-electron chi connectivity index (χ4n) is 2.28. The fourth-order valence-corrected chi connectivity index (χ4v) is 3.62. The molecular weight excluding hydrogens is 406 g/mol. The first kappa shape index (κ1) is 17.6. The Hall–Kier alpha value is -2.19. The Labute approximate surface area is 156 Å². The van der Waals surface area contributed by atoms with Gasteiger partial charge in [-0.05, 0) is 52.0 Å². The molecule has 0 aliphatic heterocycles. The highest BCUT2D eigenvalue weighted by Crippen LogP contribution is 2.25. The number of nitrogens with zero attached hydrogens (tertiary/aromatic N) is 2. The van der Waals surface area contributed by atoms with Crippen LogP contribution in [0.25, 0.3) is 10.2 Å². The Balaban J connectivity index is 1.64. The number of nitrogens with one attached hydrogen (secondary N) is 1. The lowest BCUT2D eigenvalue weighted by atomic mass is 10.2. The van der Waals surface area contributed by atoms with E-state index in [0.717, 1.165) is 10.0 Å². The third-order valence-electron chi connectivity index (χ3n) is 3.62. The summed E-state index contributed by atoms with van der Waals surface area (Å²) in [5, 5.41) is 1.82. The number of hydrogen-bond acceptors (Lipinski definition) is 5. The van der Waals surface area contributed by atoms with Crippen LogP contribution >= 0.6 is 27.3 Å². The number of carbonyl (C=O) groups excluding carboxylic acids is 1. The van der Waals surface area contributed by atoms with Crippen molar-refractivity contribution in [2.45, 2.75) is 13.5 Å². The van der Waals surface area contributed by atoms with E-state index in [2.05, 4.69) is 25.9 Å². The molecule has 0 fully saturated rings. The van der Waals surface area contributed by atoms with Crippen molar-refractivity contribution in [2.24, 2.45) is 0 Å². The Kier molecular flexibility index (Phi) is 5.19. The van der Waals surface area contributed by atoms with Crippen molar-refractivity contribution in [3.63, 3.8) is 0 Å². The Morgan fingerprint density at radius 1 is 1.40 bits per heavy atom. The van der Waals surface area contributed by atoms with E-state index >= 15 is 0 Å². The molecule has 2 aromatic heterocycles. The molecule has 0 atom stereocenters. The number of amides is 1. The van der Waals surface area contributed by atoms with E-state index in [4.69, 9.17) is 4.74 Å². The lowest BCUT2D eigenvalue weighted by Gasteiger charge is -2.17. The van der Waals surface area contributed by atoms with Gasteiger partial charge in [-0.1, -0.05) is 6.07 Å². The molecule has 0 bridgehead atoms. The second kappa shape index (κ2) is 7.37. The zero-order valence-electron chi connectivity index (χ0n) is 13.7. The van der Waals surface area contributed by atoms with E-state index in [9.17, 15) is 9.59 Å². The highest BCUT2D eigenvalue weighted by molar-refractivity contribution is 9.10. The predicted octanol–water partition coefficient (Wildman–Crippen LogP) is 3.09. The molecule has 0 spiro atoms. The maximum absolute atomic E-state index is 12.3. The van der Waals surface area contributed by atoms with Gasteiger partial charge in [0.25, 0.3) is 11.5 Å². The van der Waals surface area contributed by atoms with Crippen LogP contribution in [0.2, 0.25) is 0 Å². The van der Waals surface area contributed by atoms with Crippen LogP contribution in [0.1, 0.15) is 11.4 Å². The van der Waals surface area contributed by atoms with Crippen molar-refractivity contribution in [3.05, 3.63) is 55.9 Å². The maximum Gasteiger partial charge on any atom is 0.268 e. The first-order valence-corrected chi connectivity index (χ1v) is 9.20. The number of H-pyrrole nitrogens is 1. The number of carbonyl (C=O) groups is 1. The monoisotopic (exact) mass is 421 g/mol. The molecule has 6 nitrogen and oxygen atoms in total. The Bertz CT molecular complexity index is 983. The number of aromatic amines is 1. The Morgan fingerprint density at radius 2 is 2.20 bits per heavy atom. The van der Waals surface area contributed by atoms with Crippen LogP contribution in [0.15, 0.2) is 38.9 Å². The van der Waals surface area contributed by atoms with Gasteiger partial charge in [0.1, 0.15) is 16.3 Å². The average molecular weight is 422 g/mol. The lowest BCUT2D eigenvalue weighted by Crippen LogP contribution is -2.32. The van der Waals surface area contributed by atoms with E-state index in [0.29, 0.717) is 21.8 Å². The molecule has 2 heterocycles. The van der Waals surface area contributed by atoms with Crippen LogP contribution in [0.3, 0.4) is 0 Å². The summed E-state index contributed by atoms with van der Waals surface area (Å²) in [6.45, 7) is 2.09. The van der Waals surface area contributed by atoms with Gasteiger partial charge in [0.15, 0.2) is 6.61 Å². The molecule has 0 aliphatic rings. The zero-order valence-corrected chi connectivity index (χ0v) is 16.1. The van der Waals surface area contributed by atoms with Crippen molar-refractivity contribution >= 4 is 43.4 Å². The highest BCUT2D eigenvalue weighted by atomic mass is 79.9. The molecule has 1 aromatic carbocycles. The molecule has 1 N–H and O–H groups in total. The zero-order chi connectivity index (χ0) is 18.0. The molecule has 25 heavy (non-hydrogen) atoms. The first-order chi connectivity index (χ1) is 11.9. The molecule has 3 rings (SSSR count). The summed E-state index contributed by atoms with van der Waals surface area (Å²) in [5.74, 6) is 0.849. The van der Waals surface area contributed by atoms with Gasteiger partial charge in [-0.2, -0.15) is 0 Å². The highest BCUT2D eigenvalue weighted by Gasteiger charge is 2.14. The molecule has 0 saturated heterocycles. The quantitative estimate of drug-likeness (QED) is 0.686. The number of benzene rings is 1. The van der Waals surface area contributed by atoms with E-state index in [1.54, 1.807) is 13.1 Å². The predicted molar refractivity (Wildman–Crippen MR) is 101 cm³/mol. The summed E-state index contributed by atoms with van der Waals surface area (Å²) in [5.41, 5.74) is 1.56. The average Bonchev–Trinajstić information content (AvgIpc) is 3.02. The van der Waals surface area contributed by atoms with Crippen LogP contribution in [0.4, 0.5) is 0 Å². The fraction of sp³-hybridized carbons (Fsp3) is 0.235. The largest absolute Gasteiger partial charge is 0.483 e. The van der Waals surface area contributed by atoms with Gasteiger partial charge in [0.2, 0.25) is 0 Å². The maximum atomic E-state index is 12.3. The van der Waals surface area contributed by atoms with Crippen LogP contribution in [-0.4, -0.2) is 34.4 Å². The molecule has 3 aromatic rings. The topological polar surface area (TPSA) is 75.3 Å². The minimum absolute atomic E-state index is 0.0942. The molecular formula is C17H16BrN3O3S. The van der Waals surface area contributed by atoms with Gasteiger partial charge >= 0.3 is 0 Å². The van der Waals surface area contributed by atoms with E-state index in [1.165, 1.54) is 16.2 Å². The van der Waals surface area contributed by atoms with Crippen LogP contribution in [0.5, 0.6) is 5.75 Å². The summed E-state index contributed by atoms with van der Waals surface area (Å²) in [6.07, 6.45) is 0. The number of fused-ring (bicyclic) bond motifs is 1. The van der Waals surface area contributed by atoms with Crippen molar-refractivity contribution < 1.29 is 9.53 Å². The summed E-state index contributed by atoms with van der Waals surface area (Å²) >= 11 is 4.76. The minimum atomic E-state index is -0.208. The van der Waals surface area contributed by atoms with Crippen LogP contribution in [-0.2, 0) is 11.3 Å². The molecule has 1 amide bonds. The number of hydrogen-bond donors (Lipinski definition) is 1. The van der Waals surface area contributed by atoms with Gasteiger partial charge in [-0.3, -0.25) is 9.59 Å². The molecule has 0 aliphatic carbocycles. The number of ether oxygens (including phenoxy) is 1. The van der Waals surface area contributed by atoms with Gasteiger partial charge in [0.05, 0.1) is 16.5 Å². The van der Waals surface area contributed by atoms with E-state index in [1.807, 2.05) is 30.5 Å². The summed E-state index contributed by atoms with van der Waals surface area (Å²) in [4.78, 5) is 32.8. The third kappa shape index (κ3) is 4.08. The second-order valence-electron chi connectivity index (χ2n) is 5.62. The Morgan fingerprint density at radius 3 is 2.96 bits per heavy atom. The normalized spacial score (nSPS) is 10.8. The van der Waals surface area contributed by atoms with Gasteiger partial charge in [-0.15, -0.1) is 11.3 Å². The molecule has 0 saturated carbocycles. The third-order valence-corrected chi connectivity index (χ3v) is 5.14. The molecule has 0 radical (unpaired) electrons. The van der Waals surface area contributed by atoms with E-state index in [-0.39, 0.29) is 24.6 Å². The SMILES string of the molecule is Cc1ccc(OCC(=O)N(C)Cc2nc3ccsc3c(=O)[nH]2)c(Br)c1. The lowest BCUT2D eigenvalue weighted by molar-refractivity contribution is -0.132.